The molecule has 0 bridgehead atoms. The van der Waals surface area contributed by atoms with Gasteiger partial charge in [-0.2, -0.15) is 17.6 Å². The molecular formula is C11H12F4O2. The maximum absolute atomic E-state index is 12.1. The lowest BCUT2D eigenvalue weighted by Crippen LogP contribution is -2.08. The van der Waals surface area contributed by atoms with E-state index in [1.165, 1.54) is 12.1 Å². The first kappa shape index (κ1) is 13.6. The van der Waals surface area contributed by atoms with Crippen LogP contribution in [0, 0.1) is 0 Å². The summed E-state index contributed by atoms with van der Waals surface area (Å²) in [6, 6.07) is 4.03. The van der Waals surface area contributed by atoms with Crippen LogP contribution in [0.1, 0.15) is 18.9 Å². The van der Waals surface area contributed by atoms with E-state index in [-0.39, 0.29) is 11.5 Å². The molecule has 6 heteroatoms. The first-order valence-electron chi connectivity index (χ1n) is 5.05. The SMILES string of the molecule is CCCc1ccc(OC(F)F)c(OC(F)F)c1. The van der Waals surface area contributed by atoms with E-state index in [4.69, 9.17) is 0 Å². The second-order valence-electron chi connectivity index (χ2n) is 3.29. The molecule has 0 aromatic heterocycles. The number of hydrogen-bond acceptors (Lipinski definition) is 2. The van der Waals surface area contributed by atoms with Crippen molar-refractivity contribution in [3.05, 3.63) is 23.8 Å². The summed E-state index contributed by atoms with van der Waals surface area (Å²) in [4.78, 5) is 0. The number of hydrogen-bond donors (Lipinski definition) is 0. The standard InChI is InChI=1S/C11H12F4O2/c1-2-3-7-4-5-8(16-10(12)13)9(6-7)17-11(14)15/h4-6,10-11H,2-3H2,1H3. The van der Waals surface area contributed by atoms with Gasteiger partial charge in [-0.3, -0.25) is 0 Å². The molecule has 0 amide bonds. The lowest BCUT2D eigenvalue weighted by atomic mass is 10.1. The monoisotopic (exact) mass is 252 g/mol. The first-order chi connectivity index (χ1) is 8.02. The summed E-state index contributed by atoms with van der Waals surface area (Å²) in [5.41, 5.74) is 0.727. The van der Waals surface area contributed by atoms with Crippen molar-refractivity contribution < 1.29 is 27.0 Å². The number of halogens is 4. The number of aryl methyl sites for hydroxylation is 1. The van der Waals surface area contributed by atoms with Crippen molar-refractivity contribution in [3.63, 3.8) is 0 Å². The molecule has 0 saturated carbocycles. The van der Waals surface area contributed by atoms with Crippen molar-refractivity contribution in [3.8, 4) is 11.5 Å². The van der Waals surface area contributed by atoms with Crippen LogP contribution in [0.5, 0.6) is 11.5 Å². The van der Waals surface area contributed by atoms with E-state index < -0.39 is 13.2 Å². The molecule has 17 heavy (non-hydrogen) atoms. The van der Waals surface area contributed by atoms with Gasteiger partial charge in [0, 0.05) is 0 Å². The highest BCUT2D eigenvalue weighted by Gasteiger charge is 2.14. The summed E-state index contributed by atoms with van der Waals surface area (Å²) >= 11 is 0. The Kier molecular flexibility index (Phi) is 5.06. The van der Waals surface area contributed by atoms with Gasteiger partial charge in [-0.05, 0) is 24.1 Å². The summed E-state index contributed by atoms with van der Waals surface area (Å²) < 4.78 is 56.5. The third-order valence-electron chi connectivity index (χ3n) is 1.98. The van der Waals surface area contributed by atoms with Gasteiger partial charge in [0.1, 0.15) is 0 Å². The number of benzene rings is 1. The van der Waals surface area contributed by atoms with E-state index in [0.717, 1.165) is 12.0 Å². The predicted molar refractivity (Wildman–Crippen MR) is 53.7 cm³/mol. The molecule has 0 radical (unpaired) electrons. The van der Waals surface area contributed by atoms with Crippen LogP contribution >= 0.6 is 0 Å². The van der Waals surface area contributed by atoms with Gasteiger partial charge in [0.25, 0.3) is 0 Å². The summed E-state index contributed by atoms with van der Waals surface area (Å²) in [6.07, 6.45) is 1.46. The zero-order valence-electron chi connectivity index (χ0n) is 9.13. The average molecular weight is 252 g/mol. The minimum absolute atomic E-state index is 0.369. The summed E-state index contributed by atoms with van der Waals surface area (Å²) in [5.74, 6) is -0.758. The van der Waals surface area contributed by atoms with Crippen LogP contribution in [-0.2, 0) is 6.42 Å². The Morgan fingerprint density at radius 3 is 2.12 bits per heavy atom. The topological polar surface area (TPSA) is 18.5 Å². The van der Waals surface area contributed by atoms with Gasteiger partial charge < -0.3 is 9.47 Å². The molecule has 0 unspecified atom stereocenters. The van der Waals surface area contributed by atoms with E-state index in [1.807, 2.05) is 6.92 Å². The van der Waals surface area contributed by atoms with Crippen molar-refractivity contribution >= 4 is 0 Å². The quantitative estimate of drug-likeness (QED) is 0.716. The normalized spacial score (nSPS) is 11.0. The molecule has 0 atom stereocenters. The molecule has 0 heterocycles. The van der Waals surface area contributed by atoms with Gasteiger partial charge >= 0.3 is 13.2 Å². The highest BCUT2D eigenvalue weighted by molar-refractivity contribution is 5.43. The molecule has 0 fully saturated rings. The average Bonchev–Trinajstić information content (AvgIpc) is 2.21. The van der Waals surface area contributed by atoms with Crippen molar-refractivity contribution in [1.29, 1.82) is 0 Å². The number of alkyl halides is 4. The maximum atomic E-state index is 12.1. The molecule has 0 N–H and O–H groups in total. The molecular weight excluding hydrogens is 240 g/mol. The molecule has 0 aliphatic rings. The lowest BCUT2D eigenvalue weighted by Gasteiger charge is -2.12. The van der Waals surface area contributed by atoms with Crippen molar-refractivity contribution in [2.75, 3.05) is 0 Å². The Morgan fingerprint density at radius 2 is 1.59 bits per heavy atom. The second kappa shape index (κ2) is 6.32. The fourth-order valence-electron chi connectivity index (χ4n) is 1.38. The van der Waals surface area contributed by atoms with Crippen LogP contribution in [0.15, 0.2) is 18.2 Å². The molecule has 0 saturated heterocycles. The largest absolute Gasteiger partial charge is 0.431 e. The van der Waals surface area contributed by atoms with Crippen LogP contribution in [0.4, 0.5) is 17.6 Å². The number of rotatable bonds is 6. The summed E-state index contributed by atoms with van der Waals surface area (Å²) in [5, 5.41) is 0. The van der Waals surface area contributed by atoms with Crippen molar-refractivity contribution in [2.45, 2.75) is 33.0 Å². The Bertz CT molecular complexity index is 355. The summed E-state index contributed by atoms with van der Waals surface area (Å²) in [6.45, 7) is -4.24. The smallest absolute Gasteiger partial charge is 0.387 e. The van der Waals surface area contributed by atoms with Gasteiger partial charge in [-0.25, -0.2) is 0 Å². The first-order valence-corrected chi connectivity index (χ1v) is 5.05. The van der Waals surface area contributed by atoms with E-state index in [1.54, 1.807) is 6.07 Å². The van der Waals surface area contributed by atoms with E-state index in [0.29, 0.717) is 6.42 Å². The minimum Gasteiger partial charge on any atom is -0.431 e. The molecule has 1 aromatic rings. The van der Waals surface area contributed by atoms with Crippen LogP contribution < -0.4 is 9.47 Å². The van der Waals surface area contributed by atoms with E-state index >= 15 is 0 Å². The molecule has 2 nitrogen and oxygen atoms in total. The molecule has 0 spiro atoms. The van der Waals surface area contributed by atoms with E-state index in [9.17, 15) is 17.6 Å². The molecule has 0 aliphatic heterocycles. The maximum Gasteiger partial charge on any atom is 0.387 e. The Balaban J connectivity index is 2.94. The Morgan fingerprint density at radius 1 is 1.00 bits per heavy atom. The van der Waals surface area contributed by atoms with Crippen LogP contribution in [0.2, 0.25) is 0 Å². The highest BCUT2D eigenvalue weighted by Crippen LogP contribution is 2.31. The van der Waals surface area contributed by atoms with E-state index in [2.05, 4.69) is 9.47 Å². The minimum atomic E-state index is -3.08. The van der Waals surface area contributed by atoms with Gasteiger partial charge in [0.2, 0.25) is 0 Å². The van der Waals surface area contributed by atoms with Gasteiger partial charge in [-0.1, -0.05) is 19.4 Å². The lowest BCUT2D eigenvalue weighted by molar-refractivity contribution is -0.0692. The van der Waals surface area contributed by atoms with Crippen molar-refractivity contribution in [2.24, 2.45) is 0 Å². The third kappa shape index (κ3) is 4.50. The number of ether oxygens (including phenoxy) is 2. The third-order valence-corrected chi connectivity index (χ3v) is 1.98. The van der Waals surface area contributed by atoms with Gasteiger partial charge in [0.15, 0.2) is 11.5 Å². The van der Waals surface area contributed by atoms with Crippen molar-refractivity contribution in [1.82, 2.24) is 0 Å². The molecule has 1 aromatic carbocycles. The van der Waals surface area contributed by atoms with Crippen LogP contribution in [0.3, 0.4) is 0 Å². The molecule has 1 rings (SSSR count). The zero-order valence-corrected chi connectivity index (χ0v) is 9.13. The predicted octanol–water partition coefficient (Wildman–Crippen LogP) is 3.84. The van der Waals surface area contributed by atoms with Gasteiger partial charge in [0.05, 0.1) is 0 Å². The van der Waals surface area contributed by atoms with Crippen LogP contribution in [0.25, 0.3) is 0 Å². The zero-order chi connectivity index (χ0) is 12.8. The fraction of sp³-hybridized carbons (Fsp3) is 0.455. The highest BCUT2D eigenvalue weighted by atomic mass is 19.3. The molecule has 0 aliphatic carbocycles. The second-order valence-corrected chi connectivity index (χ2v) is 3.29. The van der Waals surface area contributed by atoms with Crippen LogP contribution in [-0.4, -0.2) is 13.2 Å². The molecule has 96 valence electrons. The Labute approximate surface area is 96.1 Å². The summed E-state index contributed by atoms with van der Waals surface area (Å²) in [7, 11) is 0. The van der Waals surface area contributed by atoms with Gasteiger partial charge in [-0.15, -0.1) is 0 Å². The Hall–Kier alpha value is -1.46. The fourth-order valence-corrected chi connectivity index (χ4v) is 1.38.